The Kier molecular flexibility index (Phi) is 1.82. The van der Waals surface area contributed by atoms with Crippen LogP contribution in [0.25, 0.3) is 6.08 Å². The minimum Gasteiger partial charge on any atom is -0.389 e. The summed E-state index contributed by atoms with van der Waals surface area (Å²) in [6.07, 6.45) is 3.07. The molecule has 0 amide bonds. The van der Waals surface area contributed by atoms with Crippen molar-refractivity contribution in [1.82, 2.24) is 10.2 Å². The number of anilines is 1. The van der Waals surface area contributed by atoms with E-state index < -0.39 is 0 Å². The van der Waals surface area contributed by atoms with Gasteiger partial charge in [0.25, 0.3) is 0 Å². The van der Waals surface area contributed by atoms with E-state index in [1.807, 2.05) is 0 Å². The van der Waals surface area contributed by atoms with Crippen LogP contribution in [0.15, 0.2) is 11.4 Å². The monoisotopic (exact) mass is 158 g/mol. The number of aromatic nitrogens is 2. The van der Waals surface area contributed by atoms with Gasteiger partial charge in [-0.1, -0.05) is 11.6 Å². The first-order valence-electron chi connectivity index (χ1n) is 2.61. The van der Waals surface area contributed by atoms with Gasteiger partial charge >= 0.3 is 0 Å². The van der Waals surface area contributed by atoms with Crippen LogP contribution in [0.3, 0.4) is 0 Å². The zero-order valence-electron chi connectivity index (χ0n) is 5.13. The van der Waals surface area contributed by atoms with E-state index in [0.29, 0.717) is 11.4 Å². The molecule has 0 saturated carbocycles. The first kappa shape index (κ1) is 6.95. The van der Waals surface area contributed by atoms with Crippen LogP contribution in [0.2, 0.25) is 0 Å². The Bertz CT molecular complexity index is 248. The van der Waals surface area contributed by atoms with Gasteiger partial charge in [0.15, 0.2) is 0 Å². The van der Waals surface area contributed by atoms with E-state index in [1.54, 1.807) is 6.20 Å². The number of nitrogens with two attached hydrogens (primary N) is 2. The summed E-state index contributed by atoms with van der Waals surface area (Å²) in [7, 11) is 0. The van der Waals surface area contributed by atoms with Gasteiger partial charge in [0.2, 0.25) is 0 Å². The predicted octanol–water partition coefficient (Wildman–Crippen LogP) is 0.488. The third kappa shape index (κ3) is 1.41. The predicted molar refractivity (Wildman–Crippen MR) is 41.0 cm³/mol. The van der Waals surface area contributed by atoms with Crippen LogP contribution in [-0.2, 0) is 0 Å². The lowest BCUT2D eigenvalue weighted by Crippen LogP contribution is -1.89. The molecule has 1 aromatic rings. The number of aromatic amines is 1. The minimum absolute atomic E-state index is 0.188. The van der Waals surface area contributed by atoms with Crippen LogP contribution in [0.5, 0.6) is 0 Å². The summed E-state index contributed by atoms with van der Waals surface area (Å²) < 4.78 is 0. The van der Waals surface area contributed by atoms with Crippen molar-refractivity contribution in [1.29, 1.82) is 0 Å². The van der Waals surface area contributed by atoms with Gasteiger partial charge in [-0.15, -0.1) is 0 Å². The molecule has 4 nitrogen and oxygen atoms in total. The summed E-state index contributed by atoms with van der Waals surface area (Å²) in [4.78, 5) is 0. The SMILES string of the molecule is N/C(Cl)=C\c1cn[nH]c1N. The molecule has 0 aliphatic heterocycles. The lowest BCUT2D eigenvalue weighted by atomic mass is 10.3. The van der Waals surface area contributed by atoms with E-state index in [-0.39, 0.29) is 5.16 Å². The maximum Gasteiger partial charge on any atom is 0.126 e. The third-order valence-corrected chi connectivity index (χ3v) is 1.10. The van der Waals surface area contributed by atoms with Gasteiger partial charge in [0.05, 0.1) is 11.4 Å². The maximum absolute atomic E-state index is 5.41. The molecule has 54 valence electrons. The van der Waals surface area contributed by atoms with Crippen LogP contribution in [0.1, 0.15) is 5.56 Å². The lowest BCUT2D eigenvalue weighted by molar-refractivity contribution is 1.10. The Balaban J connectivity index is 2.95. The van der Waals surface area contributed by atoms with Gasteiger partial charge in [-0.05, 0) is 6.08 Å². The van der Waals surface area contributed by atoms with Crippen molar-refractivity contribution in [3.8, 4) is 0 Å². The summed E-state index contributed by atoms with van der Waals surface area (Å²) in [5, 5.41) is 6.40. The number of nitrogen functional groups attached to an aromatic ring is 1. The molecule has 5 N–H and O–H groups in total. The molecule has 0 atom stereocenters. The second-order valence-electron chi connectivity index (χ2n) is 1.77. The minimum atomic E-state index is 0.188. The molecule has 1 rings (SSSR count). The van der Waals surface area contributed by atoms with Crippen molar-refractivity contribution in [2.24, 2.45) is 5.73 Å². The highest BCUT2D eigenvalue weighted by atomic mass is 35.5. The number of hydrogen-bond acceptors (Lipinski definition) is 3. The van der Waals surface area contributed by atoms with Crippen LogP contribution in [0.4, 0.5) is 5.82 Å². The van der Waals surface area contributed by atoms with Crippen molar-refractivity contribution in [2.75, 3.05) is 5.73 Å². The number of nitrogens with zero attached hydrogens (tertiary/aromatic N) is 1. The fourth-order valence-corrected chi connectivity index (χ4v) is 0.687. The zero-order chi connectivity index (χ0) is 7.56. The van der Waals surface area contributed by atoms with Crippen LogP contribution in [-0.4, -0.2) is 10.2 Å². The van der Waals surface area contributed by atoms with E-state index in [2.05, 4.69) is 10.2 Å². The van der Waals surface area contributed by atoms with Crippen LogP contribution >= 0.6 is 11.6 Å². The van der Waals surface area contributed by atoms with E-state index >= 15 is 0 Å². The average Bonchev–Trinajstić information content (AvgIpc) is 2.15. The molecule has 0 saturated heterocycles. The Labute approximate surface area is 62.9 Å². The third-order valence-electron chi connectivity index (χ3n) is 0.993. The summed E-state index contributed by atoms with van der Waals surface area (Å²) >= 11 is 5.38. The number of nitrogens with one attached hydrogen (secondary N) is 1. The van der Waals surface area contributed by atoms with Gasteiger partial charge < -0.3 is 11.5 Å². The van der Waals surface area contributed by atoms with Gasteiger partial charge in [-0.3, -0.25) is 5.10 Å². The summed E-state index contributed by atoms with van der Waals surface area (Å²) in [5.41, 5.74) is 11.3. The number of H-pyrrole nitrogens is 1. The molecule has 0 fully saturated rings. The average molecular weight is 159 g/mol. The highest BCUT2D eigenvalue weighted by Crippen LogP contribution is 2.10. The number of hydrogen-bond donors (Lipinski definition) is 3. The van der Waals surface area contributed by atoms with Crippen molar-refractivity contribution in [3.05, 3.63) is 16.9 Å². The molecule has 0 spiro atoms. The van der Waals surface area contributed by atoms with Gasteiger partial charge in [-0.25, -0.2) is 0 Å². The molecular formula is C5H7ClN4. The molecule has 1 heterocycles. The fourth-order valence-electron chi connectivity index (χ4n) is 0.569. The fraction of sp³-hybridized carbons (Fsp3) is 0. The summed E-state index contributed by atoms with van der Waals surface area (Å²) in [6.45, 7) is 0. The highest BCUT2D eigenvalue weighted by molar-refractivity contribution is 6.30. The van der Waals surface area contributed by atoms with Gasteiger partial charge in [-0.2, -0.15) is 5.10 Å². The quantitative estimate of drug-likeness (QED) is 0.521. The second kappa shape index (κ2) is 2.62. The van der Waals surface area contributed by atoms with E-state index in [4.69, 9.17) is 23.1 Å². The van der Waals surface area contributed by atoms with Crippen LogP contribution in [0, 0.1) is 0 Å². The normalized spacial score (nSPS) is 11.9. The lowest BCUT2D eigenvalue weighted by Gasteiger charge is -1.87. The molecule has 1 aromatic heterocycles. The highest BCUT2D eigenvalue weighted by Gasteiger charge is 1.95. The first-order valence-corrected chi connectivity index (χ1v) is 2.99. The molecule has 10 heavy (non-hydrogen) atoms. The Morgan fingerprint density at radius 1 is 1.80 bits per heavy atom. The molecule has 0 unspecified atom stereocenters. The molecule has 0 radical (unpaired) electrons. The maximum atomic E-state index is 5.41. The number of rotatable bonds is 1. The Morgan fingerprint density at radius 2 is 2.50 bits per heavy atom. The molecular weight excluding hydrogens is 152 g/mol. The molecule has 0 bridgehead atoms. The largest absolute Gasteiger partial charge is 0.389 e. The number of halogens is 1. The van der Waals surface area contributed by atoms with Crippen molar-refractivity contribution in [2.45, 2.75) is 0 Å². The smallest absolute Gasteiger partial charge is 0.126 e. The standard InChI is InChI=1S/C5H7ClN4/c6-4(7)1-3-2-9-10-5(3)8/h1-2H,7H2,(H3,8,9,10)/b4-1-. The zero-order valence-corrected chi connectivity index (χ0v) is 5.89. The van der Waals surface area contributed by atoms with Gasteiger partial charge in [0.1, 0.15) is 5.82 Å². The molecule has 5 heteroatoms. The Morgan fingerprint density at radius 3 is 2.90 bits per heavy atom. The van der Waals surface area contributed by atoms with E-state index in [9.17, 15) is 0 Å². The van der Waals surface area contributed by atoms with Crippen molar-refractivity contribution in [3.63, 3.8) is 0 Å². The van der Waals surface area contributed by atoms with E-state index in [1.165, 1.54) is 6.08 Å². The summed E-state index contributed by atoms with van der Waals surface area (Å²) in [5.74, 6) is 0.462. The van der Waals surface area contributed by atoms with E-state index in [0.717, 1.165) is 0 Å². The van der Waals surface area contributed by atoms with Crippen molar-refractivity contribution >= 4 is 23.5 Å². The second-order valence-corrected chi connectivity index (χ2v) is 2.20. The van der Waals surface area contributed by atoms with Crippen LogP contribution < -0.4 is 11.5 Å². The van der Waals surface area contributed by atoms with Gasteiger partial charge in [0, 0.05) is 5.56 Å². The molecule has 0 aliphatic rings. The molecule has 0 aliphatic carbocycles. The summed E-state index contributed by atoms with van der Waals surface area (Å²) in [6, 6.07) is 0. The van der Waals surface area contributed by atoms with Crippen molar-refractivity contribution < 1.29 is 0 Å². The molecule has 0 aromatic carbocycles. The topological polar surface area (TPSA) is 80.7 Å². The Hall–Kier alpha value is -1.16. The first-order chi connectivity index (χ1) is 4.70.